The molecule has 0 aliphatic rings. The highest BCUT2D eigenvalue weighted by atomic mass is 32.2. The van der Waals surface area contributed by atoms with Crippen LogP contribution in [0.2, 0.25) is 0 Å². The van der Waals surface area contributed by atoms with Gasteiger partial charge in [-0.25, -0.2) is 12.8 Å². The standard InChI is InChI=1S/C2H5FO2S.C2H5F.4CH4/c1-6(4,5)2-3;1-2-3;;;;/h2H2,1H3;2H2,1H3;4*1H4. The third-order valence-electron chi connectivity index (χ3n) is 0.198. The normalized spacial score (nSPS) is 6.77. The van der Waals surface area contributed by atoms with Crippen LogP contribution in [0.15, 0.2) is 0 Å². The maximum atomic E-state index is 10.9. The van der Waals surface area contributed by atoms with Crippen LogP contribution < -0.4 is 0 Å². The molecule has 0 atom stereocenters. The number of halogens is 2. The molecule has 0 amide bonds. The maximum Gasteiger partial charge on any atom is 0.190 e. The van der Waals surface area contributed by atoms with Crippen molar-refractivity contribution in [1.82, 2.24) is 0 Å². The number of sulfone groups is 1. The first-order chi connectivity index (χ1) is 3.97. The molecule has 0 fully saturated rings. The van der Waals surface area contributed by atoms with E-state index in [1.165, 1.54) is 6.92 Å². The second kappa shape index (κ2) is 22.6. The highest BCUT2D eigenvalue weighted by Crippen LogP contribution is 1.78. The number of alkyl halides is 2. The third kappa shape index (κ3) is 144. The van der Waals surface area contributed by atoms with Crippen molar-refractivity contribution in [3.05, 3.63) is 0 Å². The molecular formula is C8H26F2O2S. The molecule has 0 radical (unpaired) electrons. The fourth-order valence-corrected chi connectivity index (χ4v) is 0. The van der Waals surface area contributed by atoms with Gasteiger partial charge in [0.05, 0.1) is 6.67 Å². The van der Waals surface area contributed by atoms with Gasteiger partial charge in [0.25, 0.3) is 0 Å². The van der Waals surface area contributed by atoms with Crippen LogP contribution in [-0.2, 0) is 9.84 Å². The van der Waals surface area contributed by atoms with Crippen LogP contribution >= 0.6 is 0 Å². The Morgan fingerprint density at radius 3 is 1.08 bits per heavy atom. The van der Waals surface area contributed by atoms with Gasteiger partial charge in [-0.05, 0) is 6.92 Å². The summed E-state index contributed by atoms with van der Waals surface area (Å²) in [6, 6.07) is -1.26. The van der Waals surface area contributed by atoms with Gasteiger partial charge in [0.2, 0.25) is 0 Å². The summed E-state index contributed by atoms with van der Waals surface area (Å²) >= 11 is 0. The van der Waals surface area contributed by atoms with Crippen LogP contribution in [0.25, 0.3) is 0 Å². The number of rotatable bonds is 1. The van der Waals surface area contributed by atoms with Crippen LogP contribution in [0.1, 0.15) is 36.6 Å². The summed E-state index contributed by atoms with van der Waals surface area (Å²) in [4.78, 5) is 0. The zero-order valence-electron chi connectivity index (χ0n) is 5.39. The minimum Gasteiger partial charge on any atom is -0.251 e. The molecule has 5 heteroatoms. The van der Waals surface area contributed by atoms with Gasteiger partial charge < -0.3 is 0 Å². The van der Waals surface area contributed by atoms with Crippen molar-refractivity contribution in [1.29, 1.82) is 0 Å². The molecule has 0 aliphatic carbocycles. The van der Waals surface area contributed by atoms with Gasteiger partial charge in [-0.15, -0.1) is 0 Å². The lowest BCUT2D eigenvalue weighted by atomic mass is 10.9. The van der Waals surface area contributed by atoms with E-state index in [1.54, 1.807) is 0 Å². The first kappa shape index (κ1) is 38.5. The third-order valence-corrected chi connectivity index (χ3v) is 0.595. The summed E-state index contributed by atoms with van der Waals surface area (Å²) in [6.45, 7) is 1.21. The Morgan fingerprint density at radius 1 is 1.00 bits per heavy atom. The smallest absolute Gasteiger partial charge is 0.190 e. The summed E-state index contributed by atoms with van der Waals surface area (Å²) in [7, 11) is -3.33. The van der Waals surface area contributed by atoms with Gasteiger partial charge in [-0.2, -0.15) is 0 Å². The van der Waals surface area contributed by atoms with Crippen molar-refractivity contribution < 1.29 is 17.2 Å². The first-order valence-electron chi connectivity index (χ1n) is 2.27. The van der Waals surface area contributed by atoms with Gasteiger partial charge in [-0.3, -0.25) is 4.39 Å². The molecule has 0 aromatic heterocycles. The Balaban J connectivity index is -0.0000000160. The van der Waals surface area contributed by atoms with Crippen molar-refractivity contribution in [2.75, 3.05) is 18.9 Å². The Labute approximate surface area is 83.3 Å². The van der Waals surface area contributed by atoms with Crippen LogP contribution in [0.3, 0.4) is 0 Å². The van der Waals surface area contributed by atoms with E-state index < -0.39 is 15.8 Å². The van der Waals surface area contributed by atoms with Crippen LogP contribution in [-0.4, -0.2) is 27.4 Å². The van der Waals surface area contributed by atoms with Crippen LogP contribution in [0.4, 0.5) is 8.78 Å². The van der Waals surface area contributed by atoms with Gasteiger partial charge in [0.1, 0.15) is 0 Å². The molecule has 0 rings (SSSR count). The molecule has 2 nitrogen and oxygen atoms in total. The summed E-state index contributed by atoms with van der Waals surface area (Å²) in [6.07, 6.45) is 0.840. The van der Waals surface area contributed by atoms with Crippen LogP contribution in [0, 0.1) is 0 Å². The molecule has 0 heterocycles. The van der Waals surface area contributed by atoms with E-state index in [1.807, 2.05) is 0 Å². The highest BCUT2D eigenvalue weighted by molar-refractivity contribution is 7.90. The average Bonchev–Trinajstić information content (AvgIpc) is 1.67. The molecule has 90 valence electrons. The topological polar surface area (TPSA) is 34.1 Å². The van der Waals surface area contributed by atoms with Gasteiger partial charge in [-0.1, -0.05) is 29.7 Å². The van der Waals surface area contributed by atoms with Gasteiger partial charge >= 0.3 is 0 Å². The predicted molar refractivity (Wildman–Crippen MR) is 59.4 cm³/mol. The SMILES string of the molecule is C.C.C.C.CCF.CS(=O)(=O)CF. The molecule has 0 bridgehead atoms. The number of hydrogen-bond acceptors (Lipinski definition) is 2. The van der Waals surface area contributed by atoms with Crippen molar-refractivity contribution in [3.63, 3.8) is 0 Å². The van der Waals surface area contributed by atoms with E-state index in [0.717, 1.165) is 6.26 Å². The van der Waals surface area contributed by atoms with E-state index >= 15 is 0 Å². The monoisotopic (exact) mass is 224 g/mol. The Morgan fingerprint density at radius 2 is 1.08 bits per heavy atom. The molecular weight excluding hydrogens is 198 g/mol. The lowest BCUT2D eigenvalue weighted by Gasteiger charge is -1.78. The van der Waals surface area contributed by atoms with Crippen molar-refractivity contribution in [2.45, 2.75) is 36.6 Å². The van der Waals surface area contributed by atoms with E-state index in [2.05, 4.69) is 0 Å². The summed E-state index contributed by atoms with van der Waals surface area (Å²) in [5.41, 5.74) is 0. The molecule has 0 saturated heterocycles. The fourth-order valence-electron chi connectivity index (χ4n) is 0. The van der Waals surface area contributed by atoms with Crippen molar-refractivity contribution >= 4 is 9.84 Å². The molecule has 0 aromatic carbocycles. The summed E-state index contributed by atoms with van der Waals surface area (Å²) in [5, 5.41) is 0. The van der Waals surface area contributed by atoms with E-state index in [4.69, 9.17) is 0 Å². The minimum absolute atomic E-state index is 0. The summed E-state index contributed by atoms with van der Waals surface area (Å²) < 4.78 is 40.5. The van der Waals surface area contributed by atoms with Gasteiger partial charge in [0, 0.05) is 6.26 Å². The second-order valence-electron chi connectivity index (χ2n) is 1.30. The largest absolute Gasteiger partial charge is 0.251 e. The highest BCUT2D eigenvalue weighted by Gasteiger charge is 1.94. The zero-order chi connectivity index (χ0) is 7.91. The average molecular weight is 224 g/mol. The first-order valence-corrected chi connectivity index (χ1v) is 4.33. The van der Waals surface area contributed by atoms with Crippen molar-refractivity contribution in [3.8, 4) is 0 Å². The zero-order valence-corrected chi connectivity index (χ0v) is 6.21. The lowest BCUT2D eigenvalue weighted by Crippen LogP contribution is -1.95. The van der Waals surface area contributed by atoms with Crippen molar-refractivity contribution in [2.24, 2.45) is 0 Å². The molecule has 13 heavy (non-hydrogen) atoms. The molecule has 0 aliphatic heterocycles. The molecule has 0 unspecified atom stereocenters. The number of hydrogen-bond donors (Lipinski definition) is 0. The quantitative estimate of drug-likeness (QED) is 0.683. The molecule has 0 spiro atoms. The minimum atomic E-state index is -3.33. The van der Waals surface area contributed by atoms with E-state index in [0.29, 0.717) is 0 Å². The Kier molecular flexibility index (Phi) is 67.1. The van der Waals surface area contributed by atoms with E-state index in [-0.39, 0.29) is 36.4 Å². The fraction of sp³-hybridized carbons (Fsp3) is 1.00. The Hall–Kier alpha value is -0.190. The lowest BCUT2D eigenvalue weighted by molar-refractivity contribution is 0.527. The molecule has 0 N–H and O–H groups in total. The van der Waals surface area contributed by atoms with E-state index in [9.17, 15) is 17.2 Å². The molecule has 0 saturated carbocycles. The van der Waals surface area contributed by atoms with Gasteiger partial charge in [0.15, 0.2) is 15.8 Å². The predicted octanol–water partition coefficient (Wildman–Crippen LogP) is 3.48. The maximum absolute atomic E-state index is 10.9. The summed E-state index contributed by atoms with van der Waals surface area (Å²) in [5.74, 6) is 0. The second-order valence-corrected chi connectivity index (χ2v) is 3.37. The molecule has 0 aromatic rings. The van der Waals surface area contributed by atoms with Crippen LogP contribution in [0.5, 0.6) is 0 Å². The Bertz CT molecular complexity index is 133.